The van der Waals surface area contributed by atoms with Crippen LogP contribution in [0.25, 0.3) is 27.6 Å². The minimum atomic E-state index is -4.08. The van der Waals surface area contributed by atoms with E-state index in [1.54, 1.807) is 0 Å². The summed E-state index contributed by atoms with van der Waals surface area (Å²) in [7, 11) is -2.82. The molecule has 14 nitrogen and oxygen atoms in total. The molecule has 4 heterocycles. The van der Waals surface area contributed by atoms with Gasteiger partial charge in [-0.2, -0.15) is 24.0 Å². The zero-order valence-corrected chi connectivity index (χ0v) is 33.3. The van der Waals surface area contributed by atoms with Crippen molar-refractivity contribution in [1.29, 1.82) is 0 Å². The van der Waals surface area contributed by atoms with Gasteiger partial charge in [-0.1, -0.05) is 11.6 Å². The summed E-state index contributed by atoms with van der Waals surface area (Å²) in [6.45, 7) is -2.22. The number of nitrogens with zero attached hydrogens (tertiary/aromatic N) is 7. The molecular formula is C38H30ClF8N9O5S. The first-order chi connectivity index (χ1) is 29.4. The van der Waals surface area contributed by atoms with Gasteiger partial charge >= 0.3 is 0 Å². The molecule has 3 atom stereocenters. The Morgan fingerprint density at radius 1 is 1.02 bits per heavy atom. The van der Waals surface area contributed by atoms with Crippen LogP contribution in [0.15, 0.2) is 47.3 Å². The lowest BCUT2D eigenvalue weighted by atomic mass is 10.0. The number of methoxy groups -OCH3 is 1. The molecule has 0 spiro atoms. The fourth-order valence-corrected chi connectivity index (χ4v) is 9.72. The highest BCUT2D eigenvalue weighted by Gasteiger charge is 2.67. The van der Waals surface area contributed by atoms with Gasteiger partial charge in [-0.15, -0.1) is 0 Å². The first-order valence-corrected chi connectivity index (χ1v) is 20.8. The lowest BCUT2D eigenvalue weighted by molar-refractivity contribution is -0.123. The van der Waals surface area contributed by atoms with E-state index in [1.807, 2.05) is 0 Å². The Morgan fingerprint density at radius 2 is 1.74 bits per heavy atom. The summed E-state index contributed by atoms with van der Waals surface area (Å²) in [6.07, 6.45) is -6.34. The van der Waals surface area contributed by atoms with Crippen LogP contribution in [0.1, 0.15) is 66.0 Å². The highest BCUT2D eigenvalue weighted by Crippen LogP contribution is 2.68. The topological polar surface area (TPSA) is 168 Å². The number of sulfonamides is 1. The molecule has 326 valence electrons. The lowest BCUT2D eigenvalue weighted by Crippen LogP contribution is -2.38. The highest BCUT2D eigenvalue weighted by atomic mass is 35.5. The third kappa shape index (κ3) is 7.16. The van der Waals surface area contributed by atoms with E-state index in [4.69, 9.17) is 16.3 Å². The van der Waals surface area contributed by atoms with Gasteiger partial charge in [-0.25, -0.2) is 39.7 Å². The summed E-state index contributed by atoms with van der Waals surface area (Å²) < 4.78 is 153. The maximum Gasteiger partial charge on any atom is 0.293 e. The van der Waals surface area contributed by atoms with Crippen LogP contribution in [-0.4, -0.2) is 67.2 Å². The van der Waals surface area contributed by atoms with Crippen LogP contribution in [0.3, 0.4) is 0 Å². The van der Waals surface area contributed by atoms with Crippen molar-refractivity contribution in [2.45, 2.75) is 74.8 Å². The van der Waals surface area contributed by atoms with Crippen LogP contribution in [-0.2, 0) is 40.3 Å². The van der Waals surface area contributed by atoms with Gasteiger partial charge in [0.15, 0.2) is 11.5 Å². The lowest BCUT2D eigenvalue weighted by Gasteiger charge is -2.24. The molecule has 1 unspecified atom stereocenters. The van der Waals surface area contributed by atoms with Gasteiger partial charge in [-0.05, 0) is 61.1 Å². The molecule has 2 N–H and O–H groups in total. The van der Waals surface area contributed by atoms with Crippen molar-refractivity contribution in [3.05, 3.63) is 97.8 Å². The number of ether oxygens (including phenoxy) is 1. The normalized spacial score (nSPS) is 18.4. The summed E-state index contributed by atoms with van der Waals surface area (Å²) in [5, 5.41) is 8.94. The van der Waals surface area contributed by atoms with Gasteiger partial charge < -0.3 is 10.1 Å². The predicted molar refractivity (Wildman–Crippen MR) is 204 cm³/mol. The van der Waals surface area contributed by atoms with Crippen molar-refractivity contribution >= 4 is 55.3 Å². The number of hydrogen-bond acceptors (Lipinski definition) is 9. The maximum absolute atomic E-state index is 15.5. The summed E-state index contributed by atoms with van der Waals surface area (Å²) in [4.78, 5) is 37.7. The second-order valence-corrected chi connectivity index (χ2v) is 17.5. The molecule has 2 saturated carbocycles. The molecule has 1 amide bonds. The number of carbonyl (C=O) groups is 1. The minimum Gasteiger partial charge on any atom is -0.481 e. The van der Waals surface area contributed by atoms with E-state index in [9.17, 15) is 44.3 Å². The number of rotatable bonds is 14. The zero-order chi connectivity index (χ0) is 44.2. The standard InChI is InChI=1S/C38H30ClF8N9O5S/c1-61-27-7-4-19-34(49-27)50-36(56(37(19)58)24-6-5-22(39)29-31(24)54(13-25(42)43)52-35(29)53-62(59,60)18-2-3-18)23(10-15-8-16(40)11-17(41)9-15)48-26(57)14-55-32-28(30(51-55)33(44)45)20-12-21(20)38(32,46)47/h4-9,11,18,20-21,23,25,33H,2-3,10,12-14H2,1H3,(H,48,57)(H,52,53)/t20-,21+,23?/m0/s1. The molecular weight excluding hydrogens is 882 g/mol. The molecule has 2 aromatic carbocycles. The summed E-state index contributed by atoms with van der Waals surface area (Å²) in [5.74, 6) is -9.97. The van der Waals surface area contributed by atoms with Crippen molar-refractivity contribution < 1.29 is 53.1 Å². The van der Waals surface area contributed by atoms with Gasteiger partial charge in [0.2, 0.25) is 21.8 Å². The molecule has 6 aromatic rings. The SMILES string of the molecule is COc1ccc2c(=O)n(-c3ccc(Cl)c4c(NS(=O)(=O)C5CC5)nn(CC(F)F)c34)c(C(Cc3cc(F)cc(F)c3)NC(=O)Cn3nc(C(F)F)c4c3C(F)(F)[C@@H]3C[C@H]43)nc2n1. The number of pyridine rings is 1. The monoisotopic (exact) mass is 911 g/mol. The number of amides is 1. The van der Waals surface area contributed by atoms with Gasteiger partial charge in [0, 0.05) is 30.0 Å². The molecule has 0 saturated heterocycles. The van der Waals surface area contributed by atoms with E-state index >= 15 is 8.78 Å². The number of halogens is 9. The van der Waals surface area contributed by atoms with E-state index in [1.165, 1.54) is 31.4 Å². The molecule has 3 aliphatic carbocycles. The molecule has 0 aliphatic heterocycles. The van der Waals surface area contributed by atoms with Crippen LogP contribution in [0.5, 0.6) is 5.88 Å². The Morgan fingerprint density at radius 3 is 2.40 bits per heavy atom. The van der Waals surface area contributed by atoms with Crippen LogP contribution < -0.4 is 20.3 Å². The van der Waals surface area contributed by atoms with Gasteiger partial charge in [0.1, 0.15) is 41.9 Å². The number of hydrogen-bond donors (Lipinski definition) is 2. The fraction of sp³-hybridized carbons (Fsp3) is 0.368. The quantitative estimate of drug-likeness (QED) is 0.113. The fourth-order valence-electron chi connectivity index (χ4n) is 8.15. The van der Waals surface area contributed by atoms with E-state index in [0.717, 1.165) is 21.4 Å². The second kappa shape index (κ2) is 14.9. The minimum absolute atomic E-state index is 0.0429. The molecule has 62 heavy (non-hydrogen) atoms. The molecule has 0 radical (unpaired) electrons. The van der Waals surface area contributed by atoms with Crippen molar-refractivity contribution in [2.24, 2.45) is 5.92 Å². The van der Waals surface area contributed by atoms with E-state index < -0.39 is 118 Å². The number of benzene rings is 2. The number of alkyl halides is 6. The largest absolute Gasteiger partial charge is 0.481 e. The van der Waals surface area contributed by atoms with Crippen LogP contribution >= 0.6 is 11.6 Å². The Balaban J connectivity index is 1.25. The van der Waals surface area contributed by atoms with Gasteiger partial charge in [0.05, 0.1) is 45.4 Å². The average molecular weight is 912 g/mol. The second-order valence-electron chi connectivity index (χ2n) is 15.2. The molecule has 2 fully saturated rings. The molecule has 4 aromatic heterocycles. The zero-order valence-electron chi connectivity index (χ0n) is 31.7. The van der Waals surface area contributed by atoms with E-state index in [0.29, 0.717) is 23.6 Å². The maximum atomic E-state index is 15.5. The van der Waals surface area contributed by atoms with Crippen molar-refractivity contribution in [3.8, 4) is 11.6 Å². The van der Waals surface area contributed by atoms with Gasteiger partial charge in [-0.3, -0.25) is 28.2 Å². The Labute approximate surface area is 348 Å². The average Bonchev–Trinajstić information content (AvgIpc) is 4.11. The third-order valence-corrected chi connectivity index (χ3v) is 13.1. The first-order valence-electron chi connectivity index (χ1n) is 18.8. The van der Waals surface area contributed by atoms with E-state index in [2.05, 4.69) is 30.2 Å². The Hall–Kier alpha value is -5.84. The van der Waals surface area contributed by atoms with Gasteiger partial charge in [0.25, 0.3) is 24.3 Å². The van der Waals surface area contributed by atoms with Crippen LogP contribution in [0, 0.1) is 17.6 Å². The summed E-state index contributed by atoms with van der Waals surface area (Å²) in [5.41, 5.74) is -4.12. The highest BCUT2D eigenvalue weighted by molar-refractivity contribution is 7.93. The molecule has 0 bridgehead atoms. The molecule has 9 rings (SSSR count). The molecule has 3 aliphatic rings. The Bertz CT molecular complexity index is 2990. The number of anilines is 1. The number of carbonyl (C=O) groups excluding carboxylic acids is 1. The number of nitrogens with one attached hydrogen (secondary N) is 2. The van der Waals surface area contributed by atoms with Crippen molar-refractivity contribution in [3.63, 3.8) is 0 Å². The summed E-state index contributed by atoms with van der Waals surface area (Å²) >= 11 is 6.60. The first kappa shape index (κ1) is 41.5. The van der Waals surface area contributed by atoms with Crippen LogP contribution in [0.4, 0.5) is 40.9 Å². The van der Waals surface area contributed by atoms with Crippen LogP contribution in [0.2, 0.25) is 5.02 Å². The third-order valence-electron chi connectivity index (χ3n) is 11.0. The van der Waals surface area contributed by atoms with E-state index in [-0.39, 0.29) is 56.1 Å². The number of aromatic nitrogens is 7. The molecule has 24 heteroatoms. The smallest absolute Gasteiger partial charge is 0.293 e. The predicted octanol–water partition coefficient (Wildman–Crippen LogP) is 6.68. The number of fused-ring (bicyclic) bond motifs is 5. The Kier molecular flexibility index (Phi) is 9.98. The summed E-state index contributed by atoms with van der Waals surface area (Å²) in [6, 6.07) is 5.66. The van der Waals surface area contributed by atoms with Crippen molar-refractivity contribution in [1.82, 2.24) is 39.4 Å². The van der Waals surface area contributed by atoms with Crippen molar-refractivity contribution in [2.75, 3.05) is 11.8 Å².